The van der Waals surface area contributed by atoms with Crippen LogP contribution in [0.4, 0.5) is 5.69 Å². The highest BCUT2D eigenvalue weighted by Gasteiger charge is 2.13. The van der Waals surface area contributed by atoms with Gasteiger partial charge in [0, 0.05) is 17.5 Å². The van der Waals surface area contributed by atoms with Crippen molar-refractivity contribution in [2.75, 3.05) is 5.32 Å². The van der Waals surface area contributed by atoms with E-state index in [1.165, 1.54) is 0 Å². The van der Waals surface area contributed by atoms with Crippen LogP contribution in [-0.2, 0) is 0 Å². The van der Waals surface area contributed by atoms with Crippen LogP contribution in [-0.4, -0.2) is 11.0 Å². The Labute approximate surface area is 110 Å². The lowest BCUT2D eigenvalue weighted by Gasteiger charge is -2.18. The van der Waals surface area contributed by atoms with Gasteiger partial charge in [-0.2, -0.15) is 11.3 Å². The first-order valence-electron chi connectivity index (χ1n) is 5.59. The summed E-state index contributed by atoms with van der Waals surface area (Å²) in [5, 5.41) is 19.2. The number of rotatable bonds is 5. The molecule has 1 aromatic heterocycles. The van der Waals surface area contributed by atoms with Gasteiger partial charge in [0.2, 0.25) is 0 Å². The molecule has 1 aromatic carbocycles. The van der Waals surface area contributed by atoms with E-state index in [0.717, 1.165) is 11.3 Å². The molecule has 1 unspecified atom stereocenters. The summed E-state index contributed by atoms with van der Waals surface area (Å²) < 4.78 is 0. The van der Waals surface area contributed by atoms with Gasteiger partial charge >= 0.3 is 0 Å². The lowest BCUT2D eigenvalue weighted by atomic mass is 10.0. The van der Waals surface area contributed by atoms with E-state index in [4.69, 9.17) is 10.9 Å². The molecule has 0 fully saturated rings. The Morgan fingerprint density at radius 2 is 2.11 bits per heavy atom. The number of nitrogens with one attached hydrogen (secondary N) is 1. The van der Waals surface area contributed by atoms with E-state index < -0.39 is 0 Å². The van der Waals surface area contributed by atoms with Crippen molar-refractivity contribution in [2.24, 2.45) is 10.9 Å². The van der Waals surface area contributed by atoms with Crippen molar-refractivity contribution in [1.29, 1.82) is 0 Å². The minimum Gasteiger partial charge on any atom is -0.409 e. The Balaban J connectivity index is 2.18. The zero-order valence-electron chi connectivity index (χ0n) is 9.78. The second-order valence-electron chi connectivity index (χ2n) is 3.92. The topological polar surface area (TPSA) is 70.6 Å². The lowest BCUT2D eigenvalue weighted by Crippen LogP contribution is -2.20. The molecule has 2 rings (SSSR count). The summed E-state index contributed by atoms with van der Waals surface area (Å²) in [7, 11) is 0. The molecule has 0 amide bonds. The minimum absolute atomic E-state index is 0.00306. The molecular formula is C13H15N3OS. The second kappa shape index (κ2) is 6.07. The maximum Gasteiger partial charge on any atom is 0.141 e. The molecule has 1 atom stereocenters. The maximum atomic E-state index is 8.69. The Morgan fingerprint density at radius 3 is 2.72 bits per heavy atom. The summed E-state index contributed by atoms with van der Waals surface area (Å²) in [5.41, 5.74) is 7.75. The number of nitrogens with two attached hydrogens (primary N) is 1. The van der Waals surface area contributed by atoms with Gasteiger partial charge < -0.3 is 16.3 Å². The smallest absolute Gasteiger partial charge is 0.141 e. The third-order valence-corrected chi connectivity index (χ3v) is 3.29. The third-order valence-electron chi connectivity index (χ3n) is 2.61. The molecule has 0 aliphatic carbocycles. The van der Waals surface area contributed by atoms with Crippen molar-refractivity contribution in [2.45, 2.75) is 12.5 Å². The van der Waals surface area contributed by atoms with E-state index >= 15 is 0 Å². The molecule has 94 valence electrons. The molecule has 0 aliphatic heterocycles. The molecule has 5 heteroatoms. The second-order valence-corrected chi connectivity index (χ2v) is 4.70. The van der Waals surface area contributed by atoms with Gasteiger partial charge in [-0.3, -0.25) is 0 Å². The number of hydrogen-bond acceptors (Lipinski definition) is 4. The third kappa shape index (κ3) is 3.24. The van der Waals surface area contributed by atoms with Gasteiger partial charge in [0.15, 0.2) is 0 Å². The van der Waals surface area contributed by atoms with Crippen molar-refractivity contribution < 1.29 is 5.21 Å². The van der Waals surface area contributed by atoms with Crippen molar-refractivity contribution in [3.05, 3.63) is 52.7 Å². The van der Waals surface area contributed by atoms with Crippen LogP contribution in [0.2, 0.25) is 0 Å². The van der Waals surface area contributed by atoms with Crippen LogP contribution in [0.3, 0.4) is 0 Å². The molecule has 4 nitrogen and oxygen atoms in total. The summed E-state index contributed by atoms with van der Waals surface area (Å²) in [6.45, 7) is 0. The largest absolute Gasteiger partial charge is 0.409 e. The van der Waals surface area contributed by atoms with E-state index in [9.17, 15) is 0 Å². The zero-order valence-corrected chi connectivity index (χ0v) is 10.6. The standard InChI is InChI=1S/C13H15N3OS/c14-13(16-17)8-12(10-4-2-1-3-5-10)15-11-6-7-18-9-11/h1-7,9,12,15,17H,8H2,(H2,14,16). The molecule has 2 aromatic rings. The van der Waals surface area contributed by atoms with Gasteiger partial charge in [0.05, 0.1) is 6.04 Å². The predicted molar refractivity (Wildman–Crippen MR) is 75.2 cm³/mol. The molecule has 4 N–H and O–H groups in total. The van der Waals surface area contributed by atoms with E-state index in [2.05, 4.69) is 10.5 Å². The SMILES string of the molecule is NC(CC(Nc1ccsc1)c1ccccc1)=NO. The van der Waals surface area contributed by atoms with Crippen LogP contribution in [0.1, 0.15) is 18.0 Å². The van der Waals surface area contributed by atoms with Gasteiger partial charge in [0.25, 0.3) is 0 Å². The van der Waals surface area contributed by atoms with Crippen LogP contribution in [0.5, 0.6) is 0 Å². The van der Waals surface area contributed by atoms with Crippen LogP contribution in [0.15, 0.2) is 52.3 Å². The quantitative estimate of drug-likeness (QED) is 0.335. The molecule has 0 spiro atoms. The molecule has 1 heterocycles. The fraction of sp³-hybridized carbons (Fsp3) is 0.154. The normalized spacial score (nSPS) is 13.2. The first-order valence-corrected chi connectivity index (χ1v) is 6.54. The van der Waals surface area contributed by atoms with Gasteiger partial charge in [-0.15, -0.1) is 0 Å². The highest BCUT2D eigenvalue weighted by Crippen LogP contribution is 2.23. The number of thiophene rings is 1. The van der Waals surface area contributed by atoms with Crippen molar-refractivity contribution in [3.8, 4) is 0 Å². The summed E-state index contributed by atoms with van der Waals surface area (Å²) >= 11 is 1.63. The monoisotopic (exact) mass is 261 g/mol. The fourth-order valence-corrected chi connectivity index (χ4v) is 2.33. The van der Waals surface area contributed by atoms with Crippen LogP contribution < -0.4 is 11.1 Å². The average molecular weight is 261 g/mol. The Bertz CT molecular complexity index is 496. The van der Waals surface area contributed by atoms with Gasteiger partial charge in [-0.25, -0.2) is 0 Å². The number of nitrogens with zero attached hydrogens (tertiary/aromatic N) is 1. The Hall–Kier alpha value is -2.01. The molecule has 0 aliphatic rings. The first-order chi connectivity index (χ1) is 8.79. The lowest BCUT2D eigenvalue weighted by molar-refractivity contribution is 0.316. The number of benzene rings is 1. The highest BCUT2D eigenvalue weighted by atomic mass is 32.1. The molecule has 18 heavy (non-hydrogen) atoms. The first kappa shape index (κ1) is 12.4. The van der Waals surface area contributed by atoms with Crippen molar-refractivity contribution in [3.63, 3.8) is 0 Å². The molecule has 0 radical (unpaired) electrons. The molecule has 0 saturated carbocycles. The summed E-state index contributed by atoms with van der Waals surface area (Å²) in [6.07, 6.45) is 0.455. The van der Waals surface area contributed by atoms with Crippen molar-refractivity contribution >= 4 is 22.9 Å². The molecular weight excluding hydrogens is 246 g/mol. The summed E-state index contributed by atoms with van der Waals surface area (Å²) in [5.74, 6) is 0.214. The molecule has 0 saturated heterocycles. The number of amidine groups is 1. The van der Waals surface area contributed by atoms with E-state index in [-0.39, 0.29) is 11.9 Å². The highest BCUT2D eigenvalue weighted by molar-refractivity contribution is 7.08. The number of oxime groups is 1. The van der Waals surface area contributed by atoms with Gasteiger partial charge in [-0.1, -0.05) is 35.5 Å². The number of anilines is 1. The van der Waals surface area contributed by atoms with Gasteiger partial charge in [0.1, 0.15) is 5.84 Å². The van der Waals surface area contributed by atoms with E-state index in [0.29, 0.717) is 6.42 Å². The predicted octanol–water partition coefficient (Wildman–Crippen LogP) is 3.04. The summed E-state index contributed by atoms with van der Waals surface area (Å²) in [6, 6.07) is 12.0. The van der Waals surface area contributed by atoms with E-state index in [1.54, 1.807) is 11.3 Å². The summed E-state index contributed by atoms with van der Waals surface area (Å²) in [4.78, 5) is 0. The fourth-order valence-electron chi connectivity index (χ4n) is 1.74. The Kier molecular flexibility index (Phi) is 4.20. The maximum absolute atomic E-state index is 8.69. The number of hydrogen-bond donors (Lipinski definition) is 3. The van der Waals surface area contributed by atoms with Crippen LogP contribution in [0, 0.1) is 0 Å². The van der Waals surface area contributed by atoms with E-state index in [1.807, 2.05) is 47.2 Å². The van der Waals surface area contributed by atoms with Crippen LogP contribution >= 0.6 is 11.3 Å². The van der Waals surface area contributed by atoms with Crippen molar-refractivity contribution in [1.82, 2.24) is 0 Å². The Morgan fingerprint density at radius 1 is 1.33 bits per heavy atom. The average Bonchev–Trinajstić information content (AvgIpc) is 2.92. The van der Waals surface area contributed by atoms with Crippen LogP contribution in [0.25, 0.3) is 0 Å². The minimum atomic E-state index is -0.00306. The van der Waals surface area contributed by atoms with Gasteiger partial charge in [-0.05, 0) is 17.0 Å². The molecule has 0 bridgehead atoms. The zero-order chi connectivity index (χ0) is 12.8.